The second-order valence-corrected chi connectivity index (χ2v) is 8.69. The standard InChI is InChI=1S/C25H31N3O5/c1-15(2)11-12-33-21-10-7-18(14-22(21)32-4)24(30)28-27-23(29)17-5-8-19(9-6-17)26-25(31)20-13-16(20)3/h5-10,14-16,20H,11-13H2,1-4H3,(H,26,31)(H,27,29)(H,28,30). The van der Waals surface area contributed by atoms with Crippen molar-refractivity contribution < 1.29 is 23.9 Å². The van der Waals surface area contributed by atoms with Gasteiger partial charge in [0, 0.05) is 22.7 Å². The number of anilines is 1. The molecule has 1 fully saturated rings. The predicted molar refractivity (Wildman–Crippen MR) is 125 cm³/mol. The minimum Gasteiger partial charge on any atom is -0.493 e. The zero-order valence-electron chi connectivity index (χ0n) is 19.4. The highest BCUT2D eigenvalue weighted by atomic mass is 16.5. The number of nitrogens with one attached hydrogen (secondary N) is 3. The first-order chi connectivity index (χ1) is 15.8. The van der Waals surface area contributed by atoms with Crippen LogP contribution in [-0.2, 0) is 4.79 Å². The number of carbonyl (C=O) groups is 3. The fraction of sp³-hybridized carbons (Fsp3) is 0.400. The molecule has 2 aromatic rings. The van der Waals surface area contributed by atoms with Crippen molar-refractivity contribution in [1.82, 2.24) is 10.9 Å². The zero-order chi connectivity index (χ0) is 24.0. The van der Waals surface area contributed by atoms with Crippen LogP contribution in [0.25, 0.3) is 0 Å². The summed E-state index contributed by atoms with van der Waals surface area (Å²) in [5, 5.41) is 2.84. The summed E-state index contributed by atoms with van der Waals surface area (Å²) in [6.45, 7) is 6.82. The lowest BCUT2D eigenvalue weighted by Gasteiger charge is -2.13. The molecular weight excluding hydrogens is 422 g/mol. The van der Waals surface area contributed by atoms with Crippen molar-refractivity contribution in [2.24, 2.45) is 17.8 Å². The summed E-state index contributed by atoms with van der Waals surface area (Å²) in [7, 11) is 1.51. The topological polar surface area (TPSA) is 106 Å². The molecule has 0 heterocycles. The fourth-order valence-corrected chi connectivity index (χ4v) is 3.22. The average Bonchev–Trinajstić information content (AvgIpc) is 3.54. The first-order valence-electron chi connectivity index (χ1n) is 11.1. The lowest BCUT2D eigenvalue weighted by Crippen LogP contribution is -2.41. The number of ether oxygens (including phenoxy) is 2. The summed E-state index contributed by atoms with van der Waals surface area (Å²) < 4.78 is 11.1. The van der Waals surface area contributed by atoms with Gasteiger partial charge < -0.3 is 14.8 Å². The molecule has 2 unspecified atom stereocenters. The number of methoxy groups -OCH3 is 1. The molecular formula is C25H31N3O5. The second-order valence-electron chi connectivity index (χ2n) is 8.69. The van der Waals surface area contributed by atoms with E-state index in [-0.39, 0.29) is 11.8 Å². The normalized spacial score (nSPS) is 16.6. The molecule has 1 aliphatic rings. The lowest BCUT2D eigenvalue weighted by atomic mass is 10.1. The van der Waals surface area contributed by atoms with E-state index >= 15 is 0 Å². The van der Waals surface area contributed by atoms with Crippen molar-refractivity contribution in [1.29, 1.82) is 0 Å². The van der Waals surface area contributed by atoms with Crippen LogP contribution in [0.15, 0.2) is 42.5 Å². The summed E-state index contributed by atoms with van der Waals surface area (Å²) in [4.78, 5) is 36.8. The van der Waals surface area contributed by atoms with E-state index < -0.39 is 11.8 Å². The molecule has 2 aromatic carbocycles. The Labute approximate surface area is 194 Å². The van der Waals surface area contributed by atoms with Gasteiger partial charge in [-0.1, -0.05) is 20.8 Å². The molecule has 176 valence electrons. The van der Waals surface area contributed by atoms with Crippen LogP contribution in [0, 0.1) is 17.8 Å². The van der Waals surface area contributed by atoms with Crippen LogP contribution in [0.5, 0.6) is 11.5 Å². The number of hydrogen-bond donors (Lipinski definition) is 3. The van der Waals surface area contributed by atoms with Gasteiger partial charge in [-0.05, 0) is 67.1 Å². The van der Waals surface area contributed by atoms with Crippen molar-refractivity contribution in [3.8, 4) is 11.5 Å². The van der Waals surface area contributed by atoms with Crippen LogP contribution in [0.2, 0.25) is 0 Å². The summed E-state index contributed by atoms with van der Waals surface area (Å²) in [5.41, 5.74) is 6.08. The first-order valence-corrected chi connectivity index (χ1v) is 11.1. The maximum Gasteiger partial charge on any atom is 0.269 e. The maximum atomic E-state index is 12.5. The lowest BCUT2D eigenvalue weighted by molar-refractivity contribution is -0.117. The second kappa shape index (κ2) is 10.8. The van der Waals surface area contributed by atoms with E-state index in [2.05, 4.69) is 30.0 Å². The third-order valence-corrected chi connectivity index (χ3v) is 5.53. The van der Waals surface area contributed by atoms with Crippen molar-refractivity contribution in [3.05, 3.63) is 53.6 Å². The van der Waals surface area contributed by atoms with Gasteiger partial charge >= 0.3 is 0 Å². The molecule has 33 heavy (non-hydrogen) atoms. The number of benzene rings is 2. The van der Waals surface area contributed by atoms with Gasteiger partial charge in [-0.15, -0.1) is 0 Å². The minimum absolute atomic E-state index is 0.00117. The number of hydrogen-bond acceptors (Lipinski definition) is 5. The molecule has 0 radical (unpaired) electrons. The van der Waals surface area contributed by atoms with Gasteiger partial charge in [0.15, 0.2) is 11.5 Å². The highest BCUT2D eigenvalue weighted by molar-refractivity contribution is 6.00. The van der Waals surface area contributed by atoms with Crippen LogP contribution in [0.1, 0.15) is 54.3 Å². The van der Waals surface area contributed by atoms with Crippen LogP contribution in [-0.4, -0.2) is 31.4 Å². The van der Waals surface area contributed by atoms with Crippen molar-refractivity contribution in [2.45, 2.75) is 33.6 Å². The van der Waals surface area contributed by atoms with E-state index in [9.17, 15) is 14.4 Å². The summed E-state index contributed by atoms with van der Waals surface area (Å²) >= 11 is 0. The highest BCUT2D eigenvalue weighted by Gasteiger charge is 2.39. The Morgan fingerprint density at radius 3 is 2.15 bits per heavy atom. The van der Waals surface area contributed by atoms with Crippen molar-refractivity contribution in [2.75, 3.05) is 19.0 Å². The molecule has 3 amide bonds. The third-order valence-electron chi connectivity index (χ3n) is 5.53. The summed E-state index contributed by atoms with van der Waals surface area (Å²) in [6, 6.07) is 11.3. The van der Waals surface area contributed by atoms with E-state index in [0.717, 1.165) is 12.8 Å². The van der Waals surface area contributed by atoms with Crippen LogP contribution < -0.4 is 25.6 Å². The van der Waals surface area contributed by atoms with E-state index in [1.165, 1.54) is 7.11 Å². The molecule has 3 rings (SSSR count). The molecule has 2 atom stereocenters. The van der Waals surface area contributed by atoms with Crippen LogP contribution >= 0.6 is 0 Å². The SMILES string of the molecule is COc1cc(C(=O)NNC(=O)c2ccc(NC(=O)C3CC3C)cc2)ccc1OCCC(C)C. The van der Waals surface area contributed by atoms with Crippen molar-refractivity contribution >= 4 is 23.4 Å². The molecule has 8 heteroatoms. The molecule has 0 spiro atoms. The summed E-state index contributed by atoms with van der Waals surface area (Å²) in [6.07, 6.45) is 1.82. The molecule has 8 nitrogen and oxygen atoms in total. The van der Waals surface area contributed by atoms with E-state index in [1.807, 2.05) is 6.92 Å². The third kappa shape index (κ3) is 6.71. The highest BCUT2D eigenvalue weighted by Crippen LogP contribution is 2.38. The monoisotopic (exact) mass is 453 g/mol. The minimum atomic E-state index is -0.488. The van der Waals surface area contributed by atoms with Crippen molar-refractivity contribution in [3.63, 3.8) is 0 Å². The Morgan fingerprint density at radius 1 is 0.970 bits per heavy atom. The van der Waals surface area contributed by atoms with Gasteiger partial charge in [0.25, 0.3) is 11.8 Å². The van der Waals surface area contributed by atoms with E-state index in [4.69, 9.17) is 9.47 Å². The van der Waals surface area contributed by atoms with Gasteiger partial charge in [0.1, 0.15) is 0 Å². The molecule has 0 bridgehead atoms. The Morgan fingerprint density at radius 2 is 1.58 bits per heavy atom. The maximum absolute atomic E-state index is 12.5. The number of amides is 3. The number of hydrazine groups is 1. The Hall–Kier alpha value is -3.55. The molecule has 3 N–H and O–H groups in total. The molecule has 1 saturated carbocycles. The van der Waals surface area contributed by atoms with E-state index in [1.54, 1.807) is 42.5 Å². The molecule has 0 aliphatic heterocycles. The largest absolute Gasteiger partial charge is 0.493 e. The van der Waals surface area contributed by atoms with Crippen LogP contribution in [0.3, 0.4) is 0 Å². The fourth-order valence-electron chi connectivity index (χ4n) is 3.22. The Balaban J connectivity index is 1.52. The first kappa shape index (κ1) is 24.1. The Kier molecular flexibility index (Phi) is 7.92. The Bertz CT molecular complexity index is 1000. The van der Waals surface area contributed by atoms with Crippen LogP contribution in [0.4, 0.5) is 5.69 Å². The van der Waals surface area contributed by atoms with Gasteiger partial charge in [0.05, 0.1) is 13.7 Å². The smallest absolute Gasteiger partial charge is 0.269 e. The average molecular weight is 454 g/mol. The number of rotatable bonds is 9. The predicted octanol–water partition coefficient (Wildman–Crippen LogP) is 3.79. The van der Waals surface area contributed by atoms with E-state index in [0.29, 0.717) is 46.8 Å². The van der Waals surface area contributed by atoms with Gasteiger partial charge in [0.2, 0.25) is 5.91 Å². The van der Waals surface area contributed by atoms with Gasteiger partial charge in [-0.25, -0.2) is 0 Å². The quantitative estimate of drug-likeness (QED) is 0.501. The number of carbonyl (C=O) groups excluding carboxylic acids is 3. The van der Waals surface area contributed by atoms with Gasteiger partial charge in [-0.2, -0.15) is 0 Å². The summed E-state index contributed by atoms with van der Waals surface area (Å²) in [5.74, 6) is 1.05. The van der Waals surface area contributed by atoms with Gasteiger partial charge in [-0.3, -0.25) is 25.2 Å². The molecule has 0 saturated heterocycles. The zero-order valence-corrected chi connectivity index (χ0v) is 19.4. The molecule has 1 aliphatic carbocycles. The molecule has 0 aromatic heterocycles.